The van der Waals surface area contributed by atoms with Gasteiger partial charge in [-0.2, -0.15) is 0 Å². The highest BCUT2D eigenvalue weighted by molar-refractivity contribution is 5.88. The molecule has 0 bridgehead atoms. The van der Waals surface area contributed by atoms with E-state index in [0.29, 0.717) is 24.5 Å². The minimum Gasteiger partial charge on any atom is -0.497 e. The van der Waals surface area contributed by atoms with E-state index in [2.05, 4.69) is 5.32 Å². The van der Waals surface area contributed by atoms with Crippen LogP contribution in [0.2, 0.25) is 0 Å². The largest absolute Gasteiger partial charge is 0.497 e. The van der Waals surface area contributed by atoms with Gasteiger partial charge in [-0.1, -0.05) is 26.0 Å². The van der Waals surface area contributed by atoms with Gasteiger partial charge in [0.15, 0.2) is 6.61 Å². The Bertz CT molecular complexity index is 852. The Balaban J connectivity index is 2.19. The average Bonchev–Trinajstić information content (AvgIpc) is 2.82. The lowest BCUT2D eigenvalue weighted by Gasteiger charge is -2.31. The van der Waals surface area contributed by atoms with Crippen LogP contribution in [0.25, 0.3) is 0 Å². The summed E-state index contributed by atoms with van der Waals surface area (Å²) in [7, 11) is 3.19. The Hall–Kier alpha value is -3.22. The Kier molecular flexibility index (Phi) is 9.85. The highest BCUT2D eigenvalue weighted by Gasteiger charge is 2.29. The molecular formula is C25H34N2O5. The van der Waals surface area contributed by atoms with Gasteiger partial charge in [0, 0.05) is 12.6 Å². The van der Waals surface area contributed by atoms with E-state index in [0.717, 1.165) is 17.7 Å². The molecule has 2 amide bonds. The lowest BCUT2D eigenvalue weighted by atomic mass is 10.1. The first-order valence-corrected chi connectivity index (χ1v) is 10.9. The smallest absolute Gasteiger partial charge is 0.261 e. The van der Waals surface area contributed by atoms with Crippen molar-refractivity contribution in [2.24, 2.45) is 0 Å². The number of amides is 2. The van der Waals surface area contributed by atoms with E-state index in [1.165, 1.54) is 0 Å². The lowest BCUT2D eigenvalue weighted by molar-refractivity contribution is -0.143. The van der Waals surface area contributed by atoms with Gasteiger partial charge in [-0.25, -0.2) is 0 Å². The van der Waals surface area contributed by atoms with Gasteiger partial charge in [0.1, 0.15) is 23.3 Å². The fraction of sp³-hybridized carbons (Fsp3) is 0.440. The van der Waals surface area contributed by atoms with Gasteiger partial charge in [0.25, 0.3) is 5.91 Å². The van der Waals surface area contributed by atoms with Gasteiger partial charge in [0.05, 0.1) is 14.2 Å². The highest BCUT2D eigenvalue weighted by Crippen LogP contribution is 2.19. The van der Waals surface area contributed by atoms with Crippen LogP contribution in [0.3, 0.4) is 0 Å². The first-order chi connectivity index (χ1) is 15.4. The van der Waals surface area contributed by atoms with Gasteiger partial charge in [-0.15, -0.1) is 0 Å². The molecule has 174 valence electrons. The molecule has 0 fully saturated rings. The Morgan fingerprint density at radius 2 is 1.41 bits per heavy atom. The molecule has 0 aromatic heterocycles. The van der Waals surface area contributed by atoms with Gasteiger partial charge in [0.2, 0.25) is 5.91 Å². The molecule has 1 N–H and O–H groups in total. The molecule has 7 heteroatoms. The summed E-state index contributed by atoms with van der Waals surface area (Å²) >= 11 is 0. The summed E-state index contributed by atoms with van der Waals surface area (Å²) in [5, 5.41) is 3.00. The van der Waals surface area contributed by atoms with Gasteiger partial charge < -0.3 is 24.4 Å². The minimum absolute atomic E-state index is 0.0324. The van der Waals surface area contributed by atoms with Crippen LogP contribution in [-0.4, -0.2) is 49.6 Å². The number of carbonyl (C=O) groups excluding carboxylic acids is 2. The molecular weight excluding hydrogens is 408 g/mol. The third-order valence-electron chi connectivity index (χ3n) is 5.32. The van der Waals surface area contributed by atoms with E-state index < -0.39 is 6.04 Å². The van der Waals surface area contributed by atoms with Crippen molar-refractivity contribution in [1.82, 2.24) is 10.2 Å². The van der Waals surface area contributed by atoms with Crippen LogP contribution >= 0.6 is 0 Å². The van der Waals surface area contributed by atoms with E-state index in [-0.39, 0.29) is 24.5 Å². The van der Waals surface area contributed by atoms with Crippen LogP contribution in [-0.2, 0) is 16.1 Å². The number of ether oxygens (including phenoxy) is 3. The van der Waals surface area contributed by atoms with Crippen LogP contribution in [0.1, 0.15) is 39.2 Å². The van der Waals surface area contributed by atoms with Crippen molar-refractivity contribution < 1.29 is 23.8 Å². The molecule has 0 spiro atoms. The summed E-state index contributed by atoms with van der Waals surface area (Å²) in [6.45, 7) is 5.98. The van der Waals surface area contributed by atoms with E-state index in [1.54, 1.807) is 43.4 Å². The number of nitrogens with one attached hydrogen (secondary N) is 1. The summed E-state index contributed by atoms with van der Waals surface area (Å²) in [5.41, 5.74) is 0.901. The third-order valence-corrected chi connectivity index (χ3v) is 5.32. The number of nitrogens with zero attached hydrogens (tertiary/aromatic N) is 1. The first kappa shape index (κ1) is 25.0. The zero-order valence-corrected chi connectivity index (χ0v) is 19.6. The number of carbonyl (C=O) groups is 2. The number of hydrogen-bond acceptors (Lipinski definition) is 5. The Labute approximate surface area is 190 Å². The molecule has 0 saturated heterocycles. The van der Waals surface area contributed by atoms with Crippen LogP contribution in [0, 0.1) is 0 Å². The summed E-state index contributed by atoms with van der Waals surface area (Å²) in [4.78, 5) is 27.7. The highest BCUT2D eigenvalue weighted by atomic mass is 16.5. The molecule has 0 saturated carbocycles. The van der Waals surface area contributed by atoms with E-state index >= 15 is 0 Å². The van der Waals surface area contributed by atoms with Crippen molar-refractivity contribution in [3.63, 3.8) is 0 Å². The van der Waals surface area contributed by atoms with Gasteiger partial charge in [-0.3, -0.25) is 9.59 Å². The van der Waals surface area contributed by atoms with E-state index in [4.69, 9.17) is 14.2 Å². The molecule has 0 heterocycles. The average molecular weight is 443 g/mol. The topological polar surface area (TPSA) is 77.1 Å². The number of hydrogen-bond donors (Lipinski definition) is 1. The maximum atomic E-state index is 13.2. The molecule has 0 unspecified atom stereocenters. The summed E-state index contributed by atoms with van der Waals surface area (Å²) in [6.07, 6.45) is 1.31. The van der Waals surface area contributed by atoms with Crippen LogP contribution in [0.5, 0.6) is 17.2 Å². The van der Waals surface area contributed by atoms with Crippen molar-refractivity contribution in [3.05, 3.63) is 54.1 Å². The van der Waals surface area contributed by atoms with Crippen LogP contribution in [0.4, 0.5) is 0 Å². The van der Waals surface area contributed by atoms with E-state index in [1.807, 2.05) is 45.0 Å². The lowest BCUT2D eigenvalue weighted by Crippen LogP contribution is -2.51. The standard InChI is InChI=1S/C25H34N2O5/c1-6-18(3)26-25(29)23(7-2)27(16-19-8-10-20(30-4)11-9-19)24(28)17-32-22-14-12-21(31-5)13-15-22/h8-15,18,23H,6-7,16-17H2,1-5H3,(H,26,29)/t18-,23-/m0/s1. The molecule has 2 atom stereocenters. The number of benzene rings is 2. The molecule has 0 radical (unpaired) electrons. The molecule has 2 aromatic rings. The molecule has 0 aliphatic rings. The van der Waals surface area contributed by atoms with Gasteiger partial charge >= 0.3 is 0 Å². The summed E-state index contributed by atoms with van der Waals surface area (Å²) in [5.74, 6) is 1.57. The molecule has 2 rings (SSSR count). The summed E-state index contributed by atoms with van der Waals surface area (Å²) in [6, 6.07) is 13.9. The second-order valence-corrected chi connectivity index (χ2v) is 7.58. The Morgan fingerprint density at radius 1 is 0.875 bits per heavy atom. The normalized spacial score (nSPS) is 12.4. The van der Waals surface area contributed by atoms with Crippen LogP contribution < -0.4 is 19.5 Å². The van der Waals surface area contributed by atoms with Crippen molar-refractivity contribution in [3.8, 4) is 17.2 Å². The second kappa shape index (κ2) is 12.6. The van der Waals surface area contributed by atoms with Crippen molar-refractivity contribution >= 4 is 11.8 Å². The zero-order valence-electron chi connectivity index (χ0n) is 19.6. The maximum Gasteiger partial charge on any atom is 0.261 e. The van der Waals surface area contributed by atoms with E-state index in [9.17, 15) is 9.59 Å². The van der Waals surface area contributed by atoms with Crippen molar-refractivity contribution in [2.75, 3.05) is 20.8 Å². The fourth-order valence-corrected chi connectivity index (χ4v) is 3.19. The summed E-state index contributed by atoms with van der Waals surface area (Å²) < 4.78 is 16.1. The number of rotatable bonds is 12. The molecule has 2 aromatic carbocycles. The molecule has 32 heavy (non-hydrogen) atoms. The minimum atomic E-state index is -0.599. The molecule has 0 aliphatic heterocycles. The molecule has 0 aliphatic carbocycles. The Morgan fingerprint density at radius 3 is 1.91 bits per heavy atom. The SMILES string of the molecule is CC[C@H](C)NC(=O)[C@H](CC)N(Cc1ccc(OC)cc1)C(=O)COc1ccc(OC)cc1. The van der Waals surface area contributed by atoms with Gasteiger partial charge in [-0.05, 0) is 61.7 Å². The first-order valence-electron chi connectivity index (χ1n) is 10.9. The second-order valence-electron chi connectivity index (χ2n) is 7.58. The third kappa shape index (κ3) is 7.18. The van der Waals surface area contributed by atoms with Crippen molar-refractivity contribution in [2.45, 2.75) is 52.2 Å². The zero-order chi connectivity index (χ0) is 23.5. The monoisotopic (exact) mass is 442 g/mol. The fourth-order valence-electron chi connectivity index (χ4n) is 3.19. The quantitative estimate of drug-likeness (QED) is 0.541. The maximum absolute atomic E-state index is 13.2. The number of methoxy groups -OCH3 is 2. The predicted molar refractivity (Wildman–Crippen MR) is 124 cm³/mol. The predicted octanol–water partition coefficient (Wildman–Crippen LogP) is 3.80. The van der Waals surface area contributed by atoms with Crippen LogP contribution in [0.15, 0.2) is 48.5 Å². The molecule has 7 nitrogen and oxygen atoms in total. The van der Waals surface area contributed by atoms with Crippen molar-refractivity contribution in [1.29, 1.82) is 0 Å².